The topological polar surface area (TPSA) is 147 Å². The number of aliphatic carboxylic acids is 1. The van der Waals surface area contributed by atoms with Crippen molar-refractivity contribution < 1.29 is 19.2 Å². The van der Waals surface area contributed by atoms with Gasteiger partial charge >= 0.3 is 0 Å². The summed E-state index contributed by atoms with van der Waals surface area (Å²) in [6, 6.07) is 0. The van der Waals surface area contributed by atoms with Crippen LogP contribution >= 0.6 is 0 Å². The number of amides is 1. The number of imidazole rings is 1. The standard InChI is InChI=1S/C13H19N5O2.C2H4O2/c1-7-10(9(3)20-18-7)5-4-6-15-12(19)11-8(2)16-13(14)17-11;1-2(3)4/h4-6H2,1-3H3,(H,15,19)(H3,14,16,17);1H3,(H,3,4). The van der Waals surface area contributed by atoms with Crippen molar-refractivity contribution in [2.45, 2.75) is 40.5 Å². The Hall–Kier alpha value is -2.84. The molecule has 0 aromatic carbocycles. The fourth-order valence-electron chi connectivity index (χ4n) is 2.11. The third-order valence-electron chi connectivity index (χ3n) is 3.19. The van der Waals surface area contributed by atoms with Gasteiger partial charge in [0.2, 0.25) is 0 Å². The molecule has 24 heavy (non-hydrogen) atoms. The average molecular weight is 337 g/mol. The number of rotatable bonds is 5. The molecule has 0 saturated carbocycles. The molecule has 0 aliphatic carbocycles. The molecule has 132 valence electrons. The maximum atomic E-state index is 11.9. The Kier molecular flexibility index (Phi) is 6.97. The number of aromatic amines is 1. The number of hydrogen-bond acceptors (Lipinski definition) is 6. The van der Waals surface area contributed by atoms with Crippen molar-refractivity contribution in [1.82, 2.24) is 20.4 Å². The molecule has 0 atom stereocenters. The lowest BCUT2D eigenvalue weighted by molar-refractivity contribution is -0.134. The largest absolute Gasteiger partial charge is 0.481 e. The first kappa shape index (κ1) is 19.2. The number of carboxylic acids is 1. The number of anilines is 1. The Bertz CT molecular complexity index is 681. The van der Waals surface area contributed by atoms with Gasteiger partial charge in [-0.05, 0) is 33.6 Å². The Morgan fingerprint density at radius 2 is 1.96 bits per heavy atom. The van der Waals surface area contributed by atoms with Crippen LogP contribution in [0.2, 0.25) is 0 Å². The molecule has 2 rings (SSSR count). The van der Waals surface area contributed by atoms with E-state index in [1.54, 1.807) is 6.92 Å². The van der Waals surface area contributed by atoms with Crippen LogP contribution in [-0.4, -0.2) is 38.7 Å². The minimum absolute atomic E-state index is 0.214. The van der Waals surface area contributed by atoms with Gasteiger partial charge in [0.25, 0.3) is 11.9 Å². The van der Waals surface area contributed by atoms with Crippen LogP contribution in [0.5, 0.6) is 0 Å². The summed E-state index contributed by atoms with van der Waals surface area (Å²) in [5.74, 6) is 0.0438. The van der Waals surface area contributed by atoms with Crippen molar-refractivity contribution in [2.75, 3.05) is 12.3 Å². The highest BCUT2D eigenvalue weighted by Gasteiger charge is 2.13. The molecule has 2 aromatic rings. The van der Waals surface area contributed by atoms with Crippen molar-refractivity contribution in [3.8, 4) is 0 Å². The molecule has 0 fully saturated rings. The molecule has 0 spiro atoms. The number of nitrogens with zero attached hydrogens (tertiary/aromatic N) is 2. The maximum Gasteiger partial charge on any atom is 0.300 e. The van der Waals surface area contributed by atoms with E-state index in [0.29, 0.717) is 17.9 Å². The molecule has 0 unspecified atom stereocenters. The van der Waals surface area contributed by atoms with Crippen molar-refractivity contribution in [2.24, 2.45) is 0 Å². The minimum atomic E-state index is -0.833. The van der Waals surface area contributed by atoms with Gasteiger partial charge in [0.05, 0.1) is 5.69 Å². The summed E-state index contributed by atoms with van der Waals surface area (Å²) in [5.41, 5.74) is 8.54. The van der Waals surface area contributed by atoms with Crippen LogP contribution in [-0.2, 0) is 11.2 Å². The summed E-state index contributed by atoms with van der Waals surface area (Å²) in [6.07, 6.45) is 1.64. The number of hydrogen-bond donors (Lipinski definition) is 4. The van der Waals surface area contributed by atoms with Crippen LogP contribution in [0.25, 0.3) is 0 Å². The van der Waals surface area contributed by atoms with Crippen LogP contribution in [0.3, 0.4) is 0 Å². The number of H-pyrrole nitrogens is 1. The smallest absolute Gasteiger partial charge is 0.300 e. The molecule has 1 amide bonds. The van der Waals surface area contributed by atoms with Gasteiger partial charge in [0.15, 0.2) is 11.6 Å². The van der Waals surface area contributed by atoms with Gasteiger partial charge in [-0.15, -0.1) is 0 Å². The summed E-state index contributed by atoms with van der Waals surface area (Å²) in [6.45, 7) is 7.22. The second kappa shape index (κ2) is 8.70. The molecule has 2 heterocycles. The lowest BCUT2D eigenvalue weighted by Gasteiger charge is -2.04. The average Bonchev–Trinajstić information content (AvgIpc) is 2.97. The van der Waals surface area contributed by atoms with Crippen molar-refractivity contribution >= 4 is 17.8 Å². The van der Waals surface area contributed by atoms with E-state index >= 15 is 0 Å². The number of aromatic nitrogens is 3. The highest BCUT2D eigenvalue weighted by Crippen LogP contribution is 2.14. The Morgan fingerprint density at radius 1 is 1.33 bits per heavy atom. The quantitative estimate of drug-likeness (QED) is 0.602. The lowest BCUT2D eigenvalue weighted by Crippen LogP contribution is -2.25. The Balaban J connectivity index is 0.000000648. The molecule has 9 nitrogen and oxygen atoms in total. The molecule has 0 aliphatic heterocycles. The first-order valence-electron chi connectivity index (χ1n) is 7.44. The fraction of sp³-hybridized carbons (Fsp3) is 0.467. The van der Waals surface area contributed by atoms with E-state index in [4.69, 9.17) is 20.2 Å². The van der Waals surface area contributed by atoms with Gasteiger partial charge in [-0.25, -0.2) is 4.98 Å². The third kappa shape index (κ3) is 5.75. The Morgan fingerprint density at radius 3 is 2.42 bits per heavy atom. The number of carbonyl (C=O) groups excluding carboxylic acids is 1. The number of nitrogens with one attached hydrogen (secondary N) is 2. The predicted octanol–water partition coefficient (Wildman–Crippen LogP) is 1.36. The van der Waals surface area contributed by atoms with E-state index in [2.05, 4.69) is 20.4 Å². The van der Waals surface area contributed by atoms with Crippen LogP contribution in [0.15, 0.2) is 4.52 Å². The fourth-order valence-corrected chi connectivity index (χ4v) is 2.11. The molecular weight excluding hydrogens is 314 g/mol. The third-order valence-corrected chi connectivity index (χ3v) is 3.19. The number of nitrogen functional groups attached to an aromatic ring is 1. The summed E-state index contributed by atoms with van der Waals surface area (Å²) in [5, 5.41) is 14.1. The molecule has 0 saturated heterocycles. The summed E-state index contributed by atoms with van der Waals surface area (Å²) in [4.78, 5) is 27.6. The van der Waals surface area contributed by atoms with E-state index < -0.39 is 5.97 Å². The van der Waals surface area contributed by atoms with E-state index in [1.165, 1.54) is 0 Å². The molecule has 2 aromatic heterocycles. The van der Waals surface area contributed by atoms with Gasteiger partial charge in [-0.3, -0.25) is 9.59 Å². The second-order valence-corrected chi connectivity index (χ2v) is 5.28. The molecule has 0 radical (unpaired) electrons. The maximum absolute atomic E-state index is 11.9. The zero-order chi connectivity index (χ0) is 18.3. The van der Waals surface area contributed by atoms with Crippen LogP contribution in [0, 0.1) is 20.8 Å². The number of carboxylic acid groups (broad SMARTS) is 1. The highest BCUT2D eigenvalue weighted by molar-refractivity contribution is 5.93. The van der Waals surface area contributed by atoms with Gasteiger partial charge in [0, 0.05) is 24.7 Å². The second-order valence-electron chi connectivity index (χ2n) is 5.28. The van der Waals surface area contributed by atoms with Crippen LogP contribution in [0.4, 0.5) is 5.95 Å². The molecule has 5 N–H and O–H groups in total. The lowest BCUT2D eigenvalue weighted by atomic mass is 10.1. The monoisotopic (exact) mass is 337 g/mol. The normalized spacial score (nSPS) is 10.0. The van der Waals surface area contributed by atoms with Gasteiger partial charge in [-0.2, -0.15) is 0 Å². The van der Waals surface area contributed by atoms with Crippen molar-refractivity contribution in [3.63, 3.8) is 0 Å². The first-order chi connectivity index (χ1) is 11.2. The zero-order valence-corrected chi connectivity index (χ0v) is 14.3. The van der Waals surface area contributed by atoms with Crippen LogP contribution in [0.1, 0.15) is 46.5 Å². The molecular formula is C15H23N5O4. The predicted molar refractivity (Wildman–Crippen MR) is 87.7 cm³/mol. The summed E-state index contributed by atoms with van der Waals surface area (Å²) < 4.78 is 5.10. The van der Waals surface area contributed by atoms with E-state index in [0.717, 1.165) is 36.8 Å². The number of carbonyl (C=O) groups is 2. The first-order valence-corrected chi connectivity index (χ1v) is 7.44. The number of aryl methyl sites for hydroxylation is 3. The van der Waals surface area contributed by atoms with Crippen LogP contribution < -0.4 is 11.1 Å². The number of nitrogens with two attached hydrogens (primary N) is 1. The molecule has 9 heteroatoms. The minimum Gasteiger partial charge on any atom is -0.481 e. The van der Waals surface area contributed by atoms with Gasteiger partial charge < -0.3 is 25.7 Å². The summed E-state index contributed by atoms with van der Waals surface area (Å²) >= 11 is 0. The van der Waals surface area contributed by atoms with Gasteiger partial charge in [-0.1, -0.05) is 5.16 Å². The SMILES string of the molecule is CC(=O)O.Cc1noc(C)c1CCCNC(=O)c1nc(N)[nH]c1C. The van der Waals surface area contributed by atoms with Crippen molar-refractivity contribution in [3.05, 3.63) is 28.4 Å². The van der Waals surface area contributed by atoms with Gasteiger partial charge in [0.1, 0.15) is 5.76 Å². The van der Waals surface area contributed by atoms with E-state index in [1.807, 2.05) is 13.8 Å². The molecule has 0 bridgehead atoms. The molecule has 0 aliphatic rings. The summed E-state index contributed by atoms with van der Waals surface area (Å²) in [7, 11) is 0. The highest BCUT2D eigenvalue weighted by atomic mass is 16.5. The van der Waals surface area contributed by atoms with E-state index in [-0.39, 0.29) is 11.9 Å². The zero-order valence-electron chi connectivity index (χ0n) is 14.3. The van der Waals surface area contributed by atoms with Crippen molar-refractivity contribution in [1.29, 1.82) is 0 Å². The van der Waals surface area contributed by atoms with E-state index in [9.17, 15) is 4.79 Å². The Labute approximate surface area is 139 Å².